The van der Waals surface area contributed by atoms with Gasteiger partial charge in [-0.05, 0) is 35.7 Å². The van der Waals surface area contributed by atoms with Crippen LogP contribution in [0.25, 0.3) is 0 Å². The molecule has 0 saturated carbocycles. The fourth-order valence-electron chi connectivity index (χ4n) is 3.83. The molecule has 3 aromatic rings. The van der Waals surface area contributed by atoms with Crippen molar-refractivity contribution in [3.05, 3.63) is 99.1 Å². The van der Waals surface area contributed by atoms with E-state index in [-0.39, 0.29) is 36.2 Å². The van der Waals surface area contributed by atoms with Gasteiger partial charge >= 0.3 is 5.69 Å². The zero-order valence-corrected chi connectivity index (χ0v) is 22.0. The van der Waals surface area contributed by atoms with E-state index >= 15 is 0 Å². The Hall–Kier alpha value is -4.11. The summed E-state index contributed by atoms with van der Waals surface area (Å²) >= 11 is 6.04. The first kappa shape index (κ1) is 28.5. The number of nitro groups is 1. The van der Waals surface area contributed by atoms with Gasteiger partial charge in [0.05, 0.1) is 12.0 Å². The number of nitrogens with zero attached hydrogens (tertiary/aromatic N) is 2. The van der Waals surface area contributed by atoms with E-state index in [2.05, 4.69) is 5.32 Å². The molecule has 0 aliphatic heterocycles. The normalized spacial score (nSPS) is 11.3. The Morgan fingerprint density at radius 2 is 1.76 bits per heavy atom. The molecule has 3 aromatic carbocycles. The van der Waals surface area contributed by atoms with E-state index in [1.807, 2.05) is 37.3 Å². The van der Waals surface area contributed by atoms with Gasteiger partial charge in [0, 0.05) is 36.7 Å². The van der Waals surface area contributed by atoms with Crippen molar-refractivity contribution in [1.29, 1.82) is 0 Å². The van der Waals surface area contributed by atoms with Gasteiger partial charge in [0.2, 0.25) is 11.7 Å². The largest absolute Gasteiger partial charge is 0.490 e. The highest BCUT2D eigenvalue weighted by molar-refractivity contribution is 6.30. The average molecular weight is 540 g/mol. The summed E-state index contributed by atoms with van der Waals surface area (Å²) in [4.78, 5) is 39.0. The standard InChI is InChI=1S/C28H30ClN3O6/c1-3-15-30-28(34)25(16-20-7-5-4-6-8-20)31(18-21-9-11-22(29)12-10-21)27(33)19-38-23-13-14-24(32(35)36)26(17-23)37-2/h4-14,17,25H,3,15-16,18-19H2,1-2H3,(H,30,34)/t25-/m0/s1. The molecule has 0 saturated heterocycles. The van der Waals surface area contributed by atoms with Crippen molar-refractivity contribution < 1.29 is 24.0 Å². The van der Waals surface area contributed by atoms with Crippen LogP contribution in [-0.2, 0) is 22.6 Å². The summed E-state index contributed by atoms with van der Waals surface area (Å²) in [5, 5.41) is 14.7. The van der Waals surface area contributed by atoms with Crippen LogP contribution in [0.5, 0.6) is 11.5 Å². The quantitative estimate of drug-likeness (QED) is 0.247. The fraction of sp³-hybridized carbons (Fsp3) is 0.286. The molecule has 9 nitrogen and oxygen atoms in total. The van der Waals surface area contributed by atoms with Crippen molar-refractivity contribution in [3.63, 3.8) is 0 Å². The molecule has 3 rings (SSSR count). The smallest absolute Gasteiger partial charge is 0.311 e. The van der Waals surface area contributed by atoms with Gasteiger partial charge in [0.15, 0.2) is 6.61 Å². The van der Waals surface area contributed by atoms with Gasteiger partial charge < -0.3 is 19.7 Å². The molecule has 0 heterocycles. The minimum atomic E-state index is -0.804. The minimum Gasteiger partial charge on any atom is -0.490 e. The van der Waals surface area contributed by atoms with E-state index in [0.717, 1.165) is 17.5 Å². The first-order valence-electron chi connectivity index (χ1n) is 12.1. The number of ether oxygens (including phenoxy) is 2. The molecule has 0 radical (unpaired) electrons. The summed E-state index contributed by atoms with van der Waals surface area (Å²) < 4.78 is 10.8. The van der Waals surface area contributed by atoms with Crippen molar-refractivity contribution in [1.82, 2.24) is 10.2 Å². The van der Waals surface area contributed by atoms with Gasteiger partial charge in [0.1, 0.15) is 11.8 Å². The van der Waals surface area contributed by atoms with Gasteiger partial charge in [-0.25, -0.2) is 0 Å². The lowest BCUT2D eigenvalue weighted by Crippen LogP contribution is -2.51. The second-order valence-corrected chi connectivity index (χ2v) is 8.96. The van der Waals surface area contributed by atoms with E-state index in [1.54, 1.807) is 24.3 Å². The van der Waals surface area contributed by atoms with Gasteiger partial charge in [-0.1, -0.05) is 61.0 Å². The van der Waals surface area contributed by atoms with Gasteiger partial charge in [-0.3, -0.25) is 19.7 Å². The van der Waals surface area contributed by atoms with Crippen LogP contribution in [0.1, 0.15) is 24.5 Å². The van der Waals surface area contributed by atoms with E-state index in [9.17, 15) is 19.7 Å². The number of nitro benzene ring substituents is 1. The van der Waals surface area contributed by atoms with Crippen LogP contribution < -0.4 is 14.8 Å². The molecule has 0 fully saturated rings. The minimum absolute atomic E-state index is 0.0128. The molecule has 0 spiro atoms. The molecule has 0 aliphatic carbocycles. The van der Waals surface area contributed by atoms with E-state index < -0.39 is 16.9 Å². The summed E-state index contributed by atoms with van der Waals surface area (Å²) in [6, 6.07) is 19.7. The third-order valence-corrected chi connectivity index (χ3v) is 6.05. The third-order valence-electron chi connectivity index (χ3n) is 5.80. The third kappa shape index (κ3) is 7.94. The van der Waals surface area contributed by atoms with Crippen LogP contribution in [0.3, 0.4) is 0 Å². The zero-order chi connectivity index (χ0) is 27.5. The number of methoxy groups -OCH3 is 1. The average Bonchev–Trinajstić information content (AvgIpc) is 2.93. The molecule has 1 N–H and O–H groups in total. The fourth-order valence-corrected chi connectivity index (χ4v) is 3.96. The number of carbonyl (C=O) groups excluding carboxylic acids is 2. The first-order valence-corrected chi connectivity index (χ1v) is 12.5. The van der Waals surface area contributed by atoms with Crippen molar-refractivity contribution in [3.8, 4) is 11.5 Å². The maximum absolute atomic E-state index is 13.6. The molecule has 2 amide bonds. The Bertz CT molecular complexity index is 1240. The van der Waals surface area contributed by atoms with E-state index in [0.29, 0.717) is 18.0 Å². The number of rotatable bonds is 13. The van der Waals surface area contributed by atoms with Gasteiger partial charge in [-0.2, -0.15) is 0 Å². The molecule has 200 valence electrons. The van der Waals surface area contributed by atoms with Crippen molar-refractivity contribution in [2.45, 2.75) is 32.4 Å². The number of hydrogen-bond donors (Lipinski definition) is 1. The molecule has 0 aliphatic rings. The van der Waals surface area contributed by atoms with Crippen LogP contribution in [0, 0.1) is 10.1 Å². The summed E-state index contributed by atoms with van der Waals surface area (Å²) in [6.45, 7) is 2.20. The lowest BCUT2D eigenvalue weighted by molar-refractivity contribution is -0.385. The molecular weight excluding hydrogens is 510 g/mol. The second-order valence-electron chi connectivity index (χ2n) is 8.52. The molecular formula is C28H30ClN3O6. The van der Waals surface area contributed by atoms with Crippen LogP contribution in [0.15, 0.2) is 72.8 Å². The number of halogens is 1. The van der Waals surface area contributed by atoms with E-state index in [1.165, 1.54) is 30.2 Å². The summed E-state index contributed by atoms with van der Waals surface area (Å²) in [5.74, 6) is -0.457. The molecule has 0 bridgehead atoms. The Labute approximate surface area is 226 Å². The zero-order valence-electron chi connectivity index (χ0n) is 21.3. The van der Waals surface area contributed by atoms with Crippen LogP contribution >= 0.6 is 11.6 Å². The van der Waals surface area contributed by atoms with Gasteiger partial charge in [0.25, 0.3) is 5.91 Å². The molecule has 0 aromatic heterocycles. The second kappa shape index (κ2) is 14.0. The molecule has 0 unspecified atom stereocenters. The number of hydrogen-bond acceptors (Lipinski definition) is 6. The summed E-state index contributed by atoms with van der Waals surface area (Å²) in [7, 11) is 1.31. The van der Waals surface area contributed by atoms with Crippen LogP contribution in [-0.4, -0.2) is 47.9 Å². The Morgan fingerprint density at radius 1 is 1.05 bits per heavy atom. The summed E-state index contributed by atoms with van der Waals surface area (Å²) in [5.41, 5.74) is 1.48. The predicted molar refractivity (Wildman–Crippen MR) is 144 cm³/mol. The topological polar surface area (TPSA) is 111 Å². The predicted octanol–water partition coefficient (Wildman–Crippen LogP) is 4.80. The molecule has 38 heavy (non-hydrogen) atoms. The van der Waals surface area contributed by atoms with Crippen molar-refractivity contribution >= 4 is 29.1 Å². The summed E-state index contributed by atoms with van der Waals surface area (Å²) in [6.07, 6.45) is 1.06. The van der Waals surface area contributed by atoms with Crippen molar-refractivity contribution in [2.24, 2.45) is 0 Å². The SMILES string of the molecule is CCCNC(=O)[C@H](Cc1ccccc1)N(Cc1ccc(Cl)cc1)C(=O)COc1ccc([N+](=O)[O-])c(OC)c1. The van der Waals surface area contributed by atoms with Crippen LogP contribution in [0.2, 0.25) is 5.02 Å². The highest BCUT2D eigenvalue weighted by Crippen LogP contribution is 2.31. The maximum Gasteiger partial charge on any atom is 0.311 e. The highest BCUT2D eigenvalue weighted by atomic mass is 35.5. The lowest BCUT2D eigenvalue weighted by Gasteiger charge is -2.31. The number of amides is 2. The molecule has 10 heteroatoms. The Morgan fingerprint density at radius 3 is 2.39 bits per heavy atom. The Kier molecular flexibility index (Phi) is 10.5. The lowest BCUT2D eigenvalue weighted by atomic mass is 10.0. The van der Waals surface area contributed by atoms with Crippen molar-refractivity contribution in [2.75, 3.05) is 20.3 Å². The Balaban J connectivity index is 1.89. The highest BCUT2D eigenvalue weighted by Gasteiger charge is 2.30. The number of benzene rings is 3. The number of nitrogens with one attached hydrogen (secondary N) is 1. The number of carbonyl (C=O) groups is 2. The monoisotopic (exact) mass is 539 g/mol. The van der Waals surface area contributed by atoms with E-state index in [4.69, 9.17) is 21.1 Å². The first-order chi connectivity index (χ1) is 18.3. The maximum atomic E-state index is 13.6. The van der Waals surface area contributed by atoms with Gasteiger partial charge in [-0.15, -0.1) is 0 Å². The van der Waals surface area contributed by atoms with Crippen LogP contribution in [0.4, 0.5) is 5.69 Å². The molecule has 1 atom stereocenters.